The van der Waals surface area contributed by atoms with E-state index in [0.29, 0.717) is 5.69 Å². The van der Waals surface area contributed by atoms with E-state index in [2.05, 4.69) is 17.5 Å². The first kappa shape index (κ1) is 16.9. The Hall–Kier alpha value is -2.42. The van der Waals surface area contributed by atoms with Crippen LogP contribution in [0.5, 0.6) is 11.5 Å². The van der Waals surface area contributed by atoms with Crippen LogP contribution in [0.2, 0.25) is 0 Å². The van der Waals surface area contributed by atoms with Gasteiger partial charge in [0, 0.05) is 5.69 Å². The molecule has 0 saturated carbocycles. The summed E-state index contributed by atoms with van der Waals surface area (Å²) >= 11 is 4.64. The lowest BCUT2D eigenvalue weighted by atomic mass is 10.2. The molecule has 0 bridgehead atoms. The molecular formula is C14H9F5N2OS. The molecule has 0 aliphatic carbocycles. The summed E-state index contributed by atoms with van der Waals surface area (Å²) in [6, 6.07) is 5.96. The minimum absolute atomic E-state index is 0.0241. The van der Waals surface area contributed by atoms with Crippen molar-refractivity contribution in [1.29, 1.82) is 0 Å². The molecule has 0 atom stereocenters. The highest BCUT2D eigenvalue weighted by molar-refractivity contribution is 7.80. The van der Waals surface area contributed by atoms with Crippen molar-refractivity contribution in [2.24, 2.45) is 5.73 Å². The zero-order valence-electron chi connectivity index (χ0n) is 11.2. The smallest absolute Gasteiger partial charge is 0.416 e. The Labute approximate surface area is 132 Å². The third-order valence-corrected chi connectivity index (χ3v) is 2.77. The highest BCUT2D eigenvalue weighted by atomic mass is 32.1. The third-order valence-electron chi connectivity index (χ3n) is 2.67. The van der Waals surface area contributed by atoms with Gasteiger partial charge >= 0.3 is 6.18 Å². The normalized spacial score (nSPS) is 11.2. The molecule has 0 fully saturated rings. The van der Waals surface area contributed by atoms with Crippen LogP contribution in [-0.2, 0) is 6.18 Å². The first-order chi connectivity index (χ1) is 10.7. The van der Waals surface area contributed by atoms with Crippen LogP contribution in [-0.4, -0.2) is 5.11 Å². The molecule has 2 aromatic rings. The number of alkyl halides is 3. The van der Waals surface area contributed by atoms with Crippen LogP contribution in [0.4, 0.5) is 27.6 Å². The number of anilines is 1. The van der Waals surface area contributed by atoms with Crippen molar-refractivity contribution in [2.75, 3.05) is 5.32 Å². The van der Waals surface area contributed by atoms with Gasteiger partial charge in [0.1, 0.15) is 5.75 Å². The van der Waals surface area contributed by atoms with Crippen molar-refractivity contribution in [3.63, 3.8) is 0 Å². The second-order valence-corrected chi connectivity index (χ2v) is 4.82. The summed E-state index contributed by atoms with van der Waals surface area (Å²) in [4.78, 5) is 0. The van der Waals surface area contributed by atoms with Gasteiger partial charge in [-0.05, 0) is 48.6 Å². The number of nitrogens with one attached hydrogen (secondary N) is 1. The molecule has 0 aliphatic rings. The van der Waals surface area contributed by atoms with Crippen molar-refractivity contribution in [3.8, 4) is 11.5 Å². The van der Waals surface area contributed by atoms with Gasteiger partial charge in [0.2, 0.25) is 0 Å². The topological polar surface area (TPSA) is 47.3 Å². The molecule has 3 N–H and O–H groups in total. The van der Waals surface area contributed by atoms with Crippen molar-refractivity contribution in [2.45, 2.75) is 6.18 Å². The van der Waals surface area contributed by atoms with E-state index >= 15 is 0 Å². The molecule has 9 heteroatoms. The summed E-state index contributed by atoms with van der Waals surface area (Å²) < 4.78 is 69.7. The van der Waals surface area contributed by atoms with E-state index in [-0.39, 0.29) is 23.0 Å². The summed E-state index contributed by atoms with van der Waals surface area (Å²) in [6.45, 7) is 0. The number of thiocarbonyl (C=S) groups is 1. The largest absolute Gasteiger partial charge is 0.451 e. The fourth-order valence-corrected chi connectivity index (χ4v) is 1.81. The number of halogens is 5. The fourth-order valence-electron chi connectivity index (χ4n) is 1.69. The van der Waals surface area contributed by atoms with E-state index in [9.17, 15) is 22.0 Å². The molecular weight excluding hydrogens is 339 g/mol. The Kier molecular flexibility index (Phi) is 4.69. The number of benzene rings is 2. The standard InChI is InChI=1S/C14H9F5N2OS/c15-10-5-7(14(17,18)19)6-11(16)12(10)22-9-3-1-8(2-4-9)21-13(20)23/h1-6H,(H3,20,21,23). The summed E-state index contributed by atoms with van der Waals surface area (Å²) in [5.41, 5.74) is 4.35. The third kappa shape index (κ3) is 4.28. The van der Waals surface area contributed by atoms with Gasteiger partial charge in [0.05, 0.1) is 5.56 Å². The SMILES string of the molecule is NC(=S)Nc1ccc(Oc2c(F)cc(C(F)(F)F)cc2F)cc1. The minimum Gasteiger partial charge on any atom is -0.451 e. The highest BCUT2D eigenvalue weighted by Crippen LogP contribution is 2.35. The molecule has 0 saturated heterocycles. The molecule has 2 aromatic carbocycles. The fraction of sp³-hybridized carbons (Fsp3) is 0.0714. The van der Waals surface area contributed by atoms with E-state index < -0.39 is 29.1 Å². The molecule has 0 amide bonds. The monoisotopic (exact) mass is 348 g/mol. The van der Waals surface area contributed by atoms with Crippen LogP contribution >= 0.6 is 12.2 Å². The molecule has 0 aromatic heterocycles. The number of hydrogen-bond donors (Lipinski definition) is 2. The molecule has 3 nitrogen and oxygen atoms in total. The molecule has 0 heterocycles. The van der Waals surface area contributed by atoms with Crippen LogP contribution in [0.1, 0.15) is 5.56 Å². The zero-order valence-corrected chi connectivity index (χ0v) is 12.1. The van der Waals surface area contributed by atoms with Gasteiger partial charge in [0.15, 0.2) is 22.5 Å². The van der Waals surface area contributed by atoms with Crippen molar-refractivity contribution in [1.82, 2.24) is 0 Å². The summed E-state index contributed by atoms with van der Waals surface area (Å²) in [7, 11) is 0. The van der Waals surface area contributed by atoms with Gasteiger partial charge in [-0.3, -0.25) is 0 Å². The molecule has 0 aliphatic heterocycles. The highest BCUT2D eigenvalue weighted by Gasteiger charge is 2.33. The van der Waals surface area contributed by atoms with Crippen molar-refractivity contribution in [3.05, 3.63) is 53.6 Å². The minimum atomic E-state index is -4.85. The first-order valence-electron chi connectivity index (χ1n) is 6.07. The van der Waals surface area contributed by atoms with Crippen LogP contribution in [0.15, 0.2) is 36.4 Å². The van der Waals surface area contributed by atoms with Gasteiger partial charge in [-0.2, -0.15) is 13.2 Å². The summed E-state index contributed by atoms with van der Waals surface area (Å²) in [6.07, 6.45) is -4.85. The molecule has 23 heavy (non-hydrogen) atoms. The zero-order chi connectivity index (χ0) is 17.2. The molecule has 0 spiro atoms. The number of rotatable bonds is 3. The second-order valence-electron chi connectivity index (χ2n) is 4.38. The summed E-state index contributed by atoms with van der Waals surface area (Å²) in [5, 5.41) is 2.65. The Morgan fingerprint density at radius 2 is 1.57 bits per heavy atom. The number of ether oxygens (including phenoxy) is 1. The quantitative estimate of drug-likeness (QED) is 0.636. The van der Waals surface area contributed by atoms with Gasteiger partial charge in [-0.15, -0.1) is 0 Å². The molecule has 0 radical (unpaired) electrons. The van der Waals surface area contributed by atoms with E-state index in [0.717, 1.165) is 0 Å². The van der Waals surface area contributed by atoms with Crippen LogP contribution < -0.4 is 15.8 Å². The predicted octanol–water partition coefficient (Wildman–Crippen LogP) is 4.43. The lowest BCUT2D eigenvalue weighted by Crippen LogP contribution is -2.18. The maximum atomic E-state index is 13.7. The van der Waals surface area contributed by atoms with Crippen molar-refractivity contribution >= 4 is 23.0 Å². The molecule has 0 unspecified atom stereocenters. The Morgan fingerprint density at radius 1 is 1.04 bits per heavy atom. The van der Waals surface area contributed by atoms with Crippen LogP contribution in [0.25, 0.3) is 0 Å². The van der Waals surface area contributed by atoms with Gasteiger partial charge < -0.3 is 15.8 Å². The first-order valence-corrected chi connectivity index (χ1v) is 6.48. The lowest BCUT2D eigenvalue weighted by molar-refractivity contribution is -0.138. The molecule has 2 rings (SSSR count). The maximum absolute atomic E-state index is 13.7. The van der Waals surface area contributed by atoms with E-state index in [4.69, 9.17) is 10.5 Å². The Morgan fingerprint density at radius 3 is 2.00 bits per heavy atom. The average Bonchev–Trinajstić information content (AvgIpc) is 2.42. The Balaban J connectivity index is 2.25. The average molecular weight is 348 g/mol. The Bertz CT molecular complexity index is 708. The maximum Gasteiger partial charge on any atom is 0.416 e. The van der Waals surface area contributed by atoms with E-state index in [1.807, 2.05) is 0 Å². The lowest BCUT2D eigenvalue weighted by Gasteiger charge is -2.12. The number of hydrogen-bond acceptors (Lipinski definition) is 2. The predicted molar refractivity (Wildman–Crippen MR) is 78.3 cm³/mol. The second kappa shape index (κ2) is 6.37. The van der Waals surface area contributed by atoms with E-state index in [1.165, 1.54) is 24.3 Å². The van der Waals surface area contributed by atoms with Gasteiger partial charge in [-0.25, -0.2) is 8.78 Å². The van der Waals surface area contributed by atoms with Crippen LogP contribution in [0, 0.1) is 11.6 Å². The van der Waals surface area contributed by atoms with Gasteiger partial charge in [0.25, 0.3) is 0 Å². The van der Waals surface area contributed by atoms with E-state index in [1.54, 1.807) is 0 Å². The van der Waals surface area contributed by atoms with Crippen LogP contribution in [0.3, 0.4) is 0 Å². The van der Waals surface area contributed by atoms with Gasteiger partial charge in [-0.1, -0.05) is 0 Å². The summed E-state index contributed by atoms with van der Waals surface area (Å²) in [5.74, 6) is -3.81. The number of nitrogens with two attached hydrogens (primary N) is 1. The molecule has 122 valence electrons. The van der Waals surface area contributed by atoms with Crippen molar-refractivity contribution < 1.29 is 26.7 Å².